The summed E-state index contributed by atoms with van der Waals surface area (Å²) in [6.07, 6.45) is 3.30. The van der Waals surface area contributed by atoms with E-state index in [0.29, 0.717) is 6.04 Å². The van der Waals surface area contributed by atoms with Gasteiger partial charge in [-0.3, -0.25) is 9.69 Å². The van der Waals surface area contributed by atoms with Crippen LogP contribution in [0, 0.1) is 0 Å². The van der Waals surface area contributed by atoms with Crippen LogP contribution in [-0.2, 0) is 4.79 Å². The third kappa shape index (κ3) is 2.99. The Labute approximate surface area is 108 Å². The highest BCUT2D eigenvalue weighted by molar-refractivity contribution is 5.87. The van der Waals surface area contributed by atoms with Crippen LogP contribution in [0.3, 0.4) is 0 Å². The number of likely N-dealkylation sites (tertiary alicyclic amines) is 1. The molecule has 0 aromatic heterocycles. The average molecular weight is 244 g/mol. The third-order valence-corrected chi connectivity index (χ3v) is 3.59. The Morgan fingerprint density at radius 2 is 2.17 bits per heavy atom. The van der Waals surface area contributed by atoms with Crippen molar-refractivity contribution in [1.82, 2.24) is 10.2 Å². The third-order valence-electron chi connectivity index (χ3n) is 3.59. The molecule has 1 N–H and O–H groups in total. The van der Waals surface area contributed by atoms with E-state index >= 15 is 0 Å². The summed E-state index contributed by atoms with van der Waals surface area (Å²) in [5, 5.41) is 3.01. The lowest BCUT2D eigenvalue weighted by Crippen LogP contribution is -2.44. The van der Waals surface area contributed by atoms with Gasteiger partial charge in [-0.1, -0.05) is 36.9 Å². The van der Waals surface area contributed by atoms with E-state index in [4.69, 9.17) is 0 Å². The Bertz CT molecular complexity index is 416. The van der Waals surface area contributed by atoms with Gasteiger partial charge >= 0.3 is 0 Å². The normalized spacial score (nSPS) is 24.5. The first-order chi connectivity index (χ1) is 8.70. The van der Waals surface area contributed by atoms with Crippen LogP contribution in [0.5, 0.6) is 0 Å². The largest absolute Gasteiger partial charge is 0.350 e. The first-order valence-electron chi connectivity index (χ1n) is 6.39. The number of nitrogens with one attached hydrogen (secondary N) is 1. The van der Waals surface area contributed by atoms with Crippen molar-refractivity contribution in [3.63, 3.8) is 0 Å². The number of carbonyl (C=O) groups excluding carboxylic acids is 1. The van der Waals surface area contributed by atoms with Gasteiger partial charge in [-0.25, -0.2) is 0 Å². The number of carbonyl (C=O) groups is 1. The van der Waals surface area contributed by atoms with Gasteiger partial charge in [-0.05, 0) is 31.5 Å². The Balaban J connectivity index is 2.05. The molecule has 1 saturated heterocycles. The first-order valence-corrected chi connectivity index (χ1v) is 6.39. The molecule has 0 radical (unpaired) electrons. The van der Waals surface area contributed by atoms with E-state index in [-0.39, 0.29) is 11.9 Å². The molecule has 0 aliphatic carbocycles. The predicted molar refractivity (Wildman–Crippen MR) is 73.2 cm³/mol. The molecule has 1 fully saturated rings. The molecule has 3 nitrogen and oxygen atoms in total. The summed E-state index contributed by atoms with van der Waals surface area (Å²) >= 11 is 0. The molecule has 2 unspecified atom stereocenters. The molecule has 0 bridgehead atoms. The van der Waals surface area contributed by atoms with E-state index in [1.54, 1.807) is 0 Å². The van der Waals surface area contributed by atoms with E-state index in [2.05, 4.69) is 48.1 Å². The van der Waals surface area contributed by atoms with Crippen molar-refractivity contribution < 1.29 is 4.79 Å². The number of rotatable bonds is 3. The van der Waals surface area contributed by atoms with Crippen LogP contribution in [0.1, 0.15) is 24.4 Å². The minimum atomic E-state index is -0.0728. The van der Waals surface area contributed by atoms with Gasteiger partial charge < -0.3 is 5.32 Å². The average Bonchev–Trinajstić information content (AvgIpc) is 2.42. The van der Waals surface area contributed by atoms with Gasteiger partial charge in [0.2, 0.25) is 5.91 Å². The van der Waals surface area contributed by atoms with E-state index in [9.17, 15) is 4.79 Å². The van der Waals surface area contributed by atoms with Crippen molar-refractivity contribution in [2.45, 2.75) is 24.9 Å². The molecule has 1 aromatic carbocycles. The summed E-state index contributed by atoms with van der Waals surface area (Å²) in [5.74, 6) is -0.0728. The van der Waals surface area contributed by atoms with Gasteiger partial charge in [-0.15, -0.1) is 0 Å². The molecule has 3 heteroatoms. The smallest absolute Gasteiger partial charge is 0.243 e. The van der Waals surface area contributed by atoms with Crippen molar-refractivity contribution in [2.75, 3.05) is 13.6 Å². The van der Waals surface area contributed by atoms with Gasteiger partial charge in [0, 0.05) is 18.6 Å². The number of piperidine rings is 1. The maximum Gasteiger partial charge on any atom is 0.243 e. The summed E-state index contributed by atoms with van der Waals surface area (Å²) in [5.41, 5.74) is 1.32. The molecule has 2 rings (SSSR count). The zero-order chi connectivity index (χ0) is 13.0. The van der Waals surface area contributed by atoms with E-state index < -0.39 is 0 Å². The van der Waals surface area contributed by atoms with Crippen molar-refractivity contribution in [3.05, 3.63) is 48.6 Å². The lowest BCUT2D eigenvalue weighted by atomic mass is 9.92. The fourth-order valence-corrected chi connectivity index (χ4v) is 2.54. The topological polar surface area (TPSA) is 32.3 Å². The fraction of sp³-hybridized carbons (Fsp3) is 0.400. The highest BCUT2D eigenvalue weighted by Crippen LogP contribution is 2.29. The minimum Gasteiger partial charge on any atom is -0.350 e. The van der Waals surface area contributed by atoms with Crippen molar-refractivity contribution >= 4 is 5.91 Å². The summed E-state index contributed by atoms with van der Waals surface area (Å²) in [6.45, 7) is 4.50. The molecule has 96 valence electrons. The maximum absolute atomic E-state index is 11.4. The van der Waals surface area contributed by atoms with Crippen LogP contribution >= 0.6 is 0 Å². The molecule has 1 heterocycles. The summed E-state index contributed by atoms with van der Waals surface area (Å²) in [4.78, 5) is 13.7. The fourth-order valence-electron chi connectivity index (χ4n) is 2.54. The van der Waals surface area contributed by atoms with Gasteiger partial charge in [0.05, 0.1) is 0 Å². The van der Waals surface area contributed by atoms with E-state index in [1.807, 2.05) is 6.07 Å². The highest BCUT2D eigenvalue weighted by Gasteiger charge is 2.27. The molecule has 18 heavy (non-hydrogen) atoms. The highest BCUT2D eigenvalue weighted by atomic mass is 16.1. The second-order valence-corrected chi connectivity index (χ2v) is 4.84. The number of hydrogen-bond acceptors (Lipinski definition) is 2. The van der Waals surface area contributed by atoms with Crippen molar-refractivity contribution in [2.24, 2.45) is 0 Å². The monoisotopic (exact) mass is 244 g/mol. The molecular weight excluding hydrogens is 224 g/mol. The summed E-state index contributed by atoms with van der Waals surface area (Å²) in [7, 11) is 2.14. The summed E-state index contributed by atoms with van der Waals surface area (Å²) in [6, 6.07) is 11.1. The van der Waals surface area contributed by atoms with Gasteiger partial charge in [0.1, 0.15) is 0 Å². The van der Waals surface area contributed by atoms with Crippen LogP contribution in [-0.4, -0.2) is 30.4 Å². The van der Waals surface area contributed by atoms with Crippen LogP contribution in [0.15, 0.2) is 43.0 Å². The van der Waals surface area contributed by atoms with Gasteiger partial charge in [0.25, 0.3) is 0 Å². The molecular formula is C15H20N2O. The summed E-state index contributed by atoms with van der Waals surface area (Å²) < 4.78 is 0. The second-order valence-electron chi connectivity index (χ2n) is 4.84. The van der Waals surface area contributed by atoms with Crippen molar-refractivity contribution in [1.29, 1.82) is 0 Å². The standard InChI is InChI=1S/C15H20N2O/c1-3-15(18)16-13-9-10-17(2)14(11-13)12-7-5-4-6-8-12/h3-8,13-14H,1,9-11H2,2H3,(H,16,18). The second kappa shape index (κ2) is 5.83. The molecule has 1 aliphatic rings. The zero-order valence-electron chi connectivity index (χ0n) is 10.8. The van der Waals surface area contributed by atoms with E-state index in [1.165, 1.54) is 11.6 Å². The Hall–Kier alpha value is -1.61. The van der Waals surface area contributed by atoms with Crippen LogP contribution in [0.25, 0.3) is 0 Å². The Morgan fingerprint density at radius 3 is 2.83 bits per heavy atom. The quantitative estimate of drug-likeness (QED) is 0.826. The van der Waals surface area contributed by atoms with Crippen molar-refractivity contribution in [3.8, 4) is 0 Å². The molecule has 0 saturated carbocycles. The van der Waals surface area contributed by atoms with Gasteiger partial charge in [0.15, 0.2) is 0 Å². The minimum absolute atomic E-state index is 0.0728. The number of amides is 1. The Kier molecular flexibility index (Phi) is 4.15. The molecule has 0 spiro atoms. The number of hydrogen-bond donors (Lipinski definition) is 1. The molecule has 1 amide bonds. The first kappa shape index (κ1) is 12.8. The lowest BCUT2D eigenvalue weighted by Gasteiger charge is -2.37. The number of nitrogens with zero attached hydrogens (tertiary/aromatic N) is 1. The molecule has 1 aromatic rings. The van der Waals surface area contributed by atoms with Crippen LogP contribution in [0.2, 0.25) is 0 Å². The maximum atomic E-state index is 11.4. The van der Waals surface area contributed by atoms with Gasteiger partial charge in [-0.2, -0.15) is 0 Å². The lowest BCUT2D eigenvalue weighted by molar-refractivity contribution is -0.117. The zero-order valence-corrected chi connectivity index (χ0v) is 10.8. The van der Waals surface area contributed by atoms with E-state index in [0.717, 1.165) is 19.4 Å². The molecule has 1 aliphatic heterocycles. The Morgan fingerprint density at radius 1 is 1.44 bits per heavy atom. The molecule has 2 atom stereocenters. The number of benzene rings is 1. The SMILES string of the molecule is C=CC(=O)NC1CCN(C)C(c2ccccc2)C1. The predicted octanol–water partition coefficient (Wildman–Crippen LogP) is 2.12. The van der Waals surface area contributed by atoms with Crippen LogP contribution in [0.4, 0.5) is 0 Å². The van der Waals surface area contributed by atoms with Crippen LogP contribution < -0.4 is 5.32 Å².